The zero-order valence-corrected chi connectivity index (χ0v) is 8.48. The molecular weight excluding hydrogens is 152 g/mol. The number of hydrogen-bond acceptors (Lipinski definition) is 1. The zero-order chi connectivity index (χ0) is 9.56. The summed E-state index contributed by atoms with van der Waals surface area (Å²) in [7, 11) is 0. The van der Waals surface area contributed by atoms with E-state index in [1.807, 2.05) is 13.8 Å². The summed E-state index contributed by atoms with van der Waals surface area (Å²) in [5, 5.41) is 5.63. The summed E-state index contributed by atoms with van der Waals surface area (Å²) in [5.74, 6) is 0.484. The van der Waals surface area contributed by atoms with E-state index in [2.05, 4.69) is 24.5 Å². The molecule has 12 heavy (non-hydrogen) atoms. The monoisotopic (exact) mass is 172 g/mol. The van der Waals surface area contributed by atoms with E-state index in [9.17, 15) is 4.79 Å². The smallest absolute Gasteiger partial charge is 0.315 e. The highest BCUT2D eigenvalue weighted by Crippen LogP contribution is 1.98. The summed E-state index contributed by atoms with van der Waals surface area (Å²) in [6, 6.07) is 0.180. The molecule has 0 aliphatic heterocycles. The van der Waals surface area contributed by atoms with E-state index >= 15 is 0 Å². The fourth-order valence-electron chi connectivity index (χ4n) is 0.663. The number of rotatable bonds is 4. The zero-order valence-electron chi connectivity index (χ0n) is 8.48. The molecule has 0 fully saturated rings. The Morgan fingerprint density at radius 3 is 2.33 bits per heavy atom. The van der Waals surface area contributed by atoms with Gasteiger partial charge in [-0.05, 0) is 19.3 Å². The average Bonchev–Trinajstić information content (AvgIpc) is 2.00. The first-order chi connectivity index (χ1) is 5.57. The van der Waals surface area contributed by atoms with Crippen molar-refractivity contribution >= 4 is 6.03 Å². The maximum atomic E-state index is 11.1. The van der Waals surface area contributed by atoms with Gasteiger partial charge in [0.15, 0.2) is 0 Å². The van der Waals surface area contributed by atoms with Crippen LogP contribution in [0.3, 0.4) is 0 Å². The normalized spacial score (nSPS) is 12.8. The standard InChI is InChI=1S/C9H20N2O/c1-5-6-10-9(12)11-8(4)7(2)3/h7-8H,5-6H2,1-4H3,(H2,10,11,12)/t8-/m0/s1. The van der Waals surface area contributed by atoms with Crippen molar-refractivity contribution in [3.63, 3.8) is 0 Å². The number of nitrogens with one attached hydrogen (secondary N) is 2. The molecule has 72 valence electrons. The highest BCUT2D eigenvalue weighted by molar-refractivity contribution is 5.74. The Morgan fingerprint density at radius 1 is 1.33 bits per heavy atom. The second kappa shape index (κ2) is 5.86. The number of hydrogen-bond donors (Lipinski definition) is 2. The van der Waals surface area contributed by atoms with E-state index in [0.29, 0.717) is 5.92 Å². The number of urea groups is 1. The molecule has 0 aromatic carbocycles. The fourth-order valence-corrected chi connectivity index (χ4v) is 0.663. The number of carbonyl (C=O) groups excluding carboxylic acids is 1. The molecule has 1 atom stereocenters. The highest BCUT2D eigenvalue weighted by Gasteiger charge is 2.08. The van der Waals surface area contributed by atoms with Gasteiger partial charge in [-0.15, -0.1) is 0 Å². The Morgan fingerprint density at radius 2 is 1.92 bits per heavy atom. The van der Waals surface area contributed by atoms with Gasteiger partial charge in [0.25, 0.3) is 0 Å². The molecule has 0 rings (SSSR count). The second-order valence-electron chi connectivity index (χ2n) is 3.43. The van der Waals surface area contributed by atoms with E-state index in [1.165, 1.54) is 0 Å². The van der Waals surface area contributed by atoms with E-state index in [4.69, 9.17) is 0 Å². The van der Waals surface area contributed by atoms with Gasteiger partial charge in [-0.25, -0.2) is 4.79 Å². The maximum absolute atomic E-state index is 11.1. The van der Waals surface area contributed by atoms with Gasteiger partial charge in [-0.3, -0.25) is 0 Å². The summed E-state index contributed by atoms with van der Waals surface area (Å²) >= 11 is 0. The Labute approximate surface area is 74.9 Å². The third kappa shape index (κ3) is 4.99. The molecular formula is C9H20N2O. The molecule has 0 aromatic rings. The van der Waals surface area contributed by atoms with Gasteiger partial charge in [0, 0.05) is 12.6 Å². The summed E-state index contributed by atoms with van der Waals surface area (Å²) in [6.45, 7) is 8.97. The lowest BCUT2D eigenvalue weighted by Crippen LogP contribution is -2.43. The second-order valence-corrected chi connectivity index (χ2v) is 3.43. The van der Waals surface area contributed by atoms with Crippen molar-refractivity contribution < 1.29 is 4.79 Å². The molecule has 0 heterocycles. The number of carbonyl (C=O) groups is 1. The van der Waals surface area contributed by atoms with Gasteiger partial charge in [0.05, 0.1) is 0 Å². The Balaban J connectivity index is 3.54. The molecule has 3 heteroatoms. The van der Waals surface area contributed by atoms with Crippen LogP contribution in [0.2, 0.25) is 0 Å². The van der Waals surface area contributed by atoms with Crippen molar-refractivity contribution in [3.8, 4) is 0 Å². The van der Waals surface area contributed by atoms with Crippen LogP contribution in [0.4, 0.5) is 4.79 Å². The van der Waals surface area contributed by atoms with Crippen LogP contribution in [0, 0.1) is 5.92 Å². The first-order valence-corrected chi connectivity index (χ1v) is 4.62. The molecule has 0 aliphatic rings. The average molecular weight is 172 g/mol. The Kier molecular flexibility index (Phi) is 5.51. The Bertz CT molecular complexity index is 134. The third-order valence-corrected chi connectivity index (χ3v) is 1.89. The van der Waals surface area contributed by atoms with E-state index in [1.54, 1.807) is 0 Å². The van der Waals surface area contributed by atoms with Crippen LogP contribution in [0.25, 0.3) is 0 Å². The van der Waals surface area contributed by atoms with Crippen molar-refractivity contribution in [2.75, 3.05) is 6.54 Å². The SMILES string of the molecule is CCCNC(=O)N[C@@H](C)C(C)C. The molecule has 0 aliphatic carbocycles. The predicted octanol–water partition coefficient (Wildman–Crippen LogP) is 1.74. The highest BCUT2D eigenvalue weighted by atomic mass is 16.2. The van der Waals surface area contributed by atoms with Gasteiger partial charge < -0.3 is 10.6 Å². The van der Waals surface area contributed by atoms with Gasteiger partial charge in [0.1, 0.15) is 0 Å². The first-order valence-electron chi connectivity index (χ1n) is 4.62. The predicted molar refractivity (Wildman–Crippen MR) is 51.1 cm³/mol. The van der Waals surface area contributed by atoms with Crippen molar-refractivity contribution in [1.29, 1.82) is 0 Å². The molecule has 3 nitrogen and oxygen atoms in total. The minimum Gasteiger partial charge on any atom is -0.338 e. The lowest BCUT2D eigenvalue weighted by molar-refractivity contribution is 0.234. The lowest BCUT2D eigenvalue weighted by atomic mass is 10.1. The molecule has 2 N–H and O–H groups in total. The molecule has 0 radical (unpaired) electrons. The van der Waals surface area contributed by atoms with Crippen molar-refractivity contribution in [2.24, 2.45) is 5.92 Å². The number of amides is 2. The van der Waals surface area contributed by atoms with Crippen LogP contribution in [0.1, 0.15) is 34.1 Å². The van der Waals surface area contributed by atoms with Crippen molar-refractivity contribution in [1.82, 2.24) is 10.6 Å². The molecule has 0 spiro atoms. The van der Waals surface area contributed by atoms with Gasteiger partial charge in [-0.1, -0.05) is 20.8 Å². The quantitative estimate of drug-likeness (QED) is 0.666. The van der Waals surface area contributed by atoms with Crippen LogP contribution >= 0.6 is 0 Å². The van der Waals surface area contributed by atoms with Crippen LogP contribution in [0.5, 0.6) is 0 Å². The minimum absolute atomic E-state index is 0.0574. The third-order valence-electron chi connectivity index (χ3n) is 1.89. The fraction of sp³-hybridized carbons (Fsp3) is 0.889. The first kappa shape index (κ1) is 11.3. The summed E-state index contributed by atoms with van der Waals surface area (Å²) in [6.07, 6.45) is 0.976. The minimum atomic E-state index is -0.0574. The molecule has 0 aromatic heterocycles. The van der Waals surface area contributed by atoms with Crippen molar-refractivity contribution in [3.05, 3.63) is 0 Å². The van der Waals surface area contributed by atoms with Gasteiger partial charge in [0.2, 0.25) is 0 Å². The van der Waals surface area contributed by atoms with E-state index < -0.39 is 0 Å². The van der Waals surface area contributed by atoms with E-state index in [0.717, 1.165) is 13.0 Å². The molecule has 0 saturated heterocycles. The van der Waals surface area contributed by atoms with Crippen LogP contribution in [-0.2, 0) is 0 Å². The Hall–Kier alpha value is -0.730. The van der Waals surface area contributed by atoms with Gasteiger partial charge >= 0.3 is 6.03 Å². The molecule has 0 saturated carbocycles. The van der Waals surface area contributed by atoms with Gasteiger partial charge in [-0.2, -0.15) is 0 Å². The molecule has 0 unspecified atom stereocenters. The lowest BCUT2D eigenvalue weighted by Gasteiger charge is -2.17. The molecule has 0 bridgehead atoms. The van der Waals surface area contributed by atoms with Crippen LogP contribution in [0.15, 0.2) is 0 Å². The summed E-state index contributed by atoms with van der Waals surface area (Å²) in [5.41, 5.74) is 0. The topological polar surface area (TPSA) is 41.1 Å². The maximum Gasteiger partial charge on any atom is 0.315 e. The van der Waals surface area contributed by atoms with E-state index in [-0.39, 0.29) is 12.1 Å². The summed E-state index contributed by atoms with van der Waals surface area (Å²) in [4.78, 5) is 11.1. The molecule has 2 amide bonds. The van der Waals surface area contributed by atoms with Crippen molar-refractivity contribution in [2.45, 2.75) is 40.2 Å². The van der Waals surface area contributed by atoms with Crippen LogP contribution in [-0.4, -0.2) is 18.6 Å². The summed E-state index contributed by atoms with van der Waals surface area (Å²) < 4.78 is 0. The largest absolute Gasteiger partial charge is 0.338 e. The van der Waals surface area contributed by atoms with Crippen LogP contribution < -0.4 is 10.6 Å².